The number of carbonyl (C=O) groups excluding carboxylic acids is 4. The monoisotopic (exact) mass is 521 g/mol. The first-order valence-corrected chi connectivity index (χ1v) is 11.5. The Balaban J connectivity index is 2.20. The number of benzene rings is 2. The minimum atomic E-state index is -4.60. The summed E-state index contributed by atoms with van der Waals surface area (Å²) in [5, 5.41) is 7.21. The lowest BCUT2D eigenvalue weighted by atomic mass is 10.0. The topological polar surface area (TPSA) is 114 Å². The van der Waals surface area contributed by atoms with Gasteiger partial charge < -0.3 is 25.5 Å². The highest BCUT2D eigenvalue weighted by Crippen LogP contribution is 2.30. The van der Waals surface area contributed by atoms with Gasteiger partial charge >= 0.3 is 12.3 Å². The number of ether oxygens (including phenoxy) is 1. The summed E-state index contributed by atoms with van der Waals surface area (Å²) in [7, 11) is 0. The summed E-state index contributed by atoms with van der Waals surface area (Å²) >= 11 is 0. The van der Waals surface area contributed by atoms with Crippen molar-refractivity contribution in [3.63, 3.8) is 0 Å². The van der Waals surface area contributed by atoms with E-state index in [1.165, 1.54) is 6.07 Å². The Labute approximate surface area is 213 Å². The highest BCUT2D eigenvalue weighted by Gasteiger charge is 2.31. The predicted octanol–water partition coefficient (Wildman–Crippen LogP) is 4.24. The zero-order valence-electron chi connectivity index (χ0n) is 20.7. The second-order valence-electron chi connectivity index (χ2n) is 9.25. The van der Waals surface area contributed by atoms with Gasteiger partial charge in [0.15, 0.2) is 0 Å². The second kappa shape index (κ2) is 12.9. The van der Waals surface area contributed by atoms with Crippen LogP contribution in [-0.2, 0) is 31.7 Å². The molecule has 2 rings (SSSR count). The van der Waals surface area contributed by atoms with Crippen molar-refractivity contribution in [1.82, 2.24) is 10.6 Å². The van der Waals surface area contributed by atoms with Crippen molar-refractivity contribution in [2.45, 2.75) is 63.9 Å². The van der Waals surface area contributed by atoms with E-state index in [1.54, 1.807) is 32.9 Å². The second-order valence-corrected chi connectivity index (χ2v) is 9.25. The average Bonchev–Trinajstić information content (AvgIpc) is 2.80. The summed E-state index contributed by atoms with van der Waals surface area (Å²) in [6.07, 6.45) is -5.02. The predicted molar refractivity (Wildman–Crippen MR) is 131 cm³/mol. The van der Waals surface area contributed by atoms with E-state index in [9.17, 15) is 32.3 Å². The molecule has 0 radical (unpaired) electrons. The van der Waals surface area contributed by atoms with E-state index in [-0.39, 0.29) is 18.5 Å². The molecule has 3 N–H and O–H groups in total. The van der Waals surface area contributed by atoms with Crippen LogP contribution < -0.4 is 16.0 Å². The highest BCUT2D eigenvalue weighted by molar-refractivity contribution is 5.98. The van der Waals surface area contributed by atoms with Crippen molar-refractivity contribution in [1.29, 1.82) is 0 Å². The van der Waals surface area contributed by atoms with Gasteiger partial charge in [0.25, 0.3) is 0 Å². The molecule has 0 saturated heterocycles. The minimum absolute atomic E-state index is 0.0980. The number of alkyl halides is 3. The van der Waals surface area contributed by atoms with Gasteiger partial charge in [0, 0.05) is 12.1 Å². The molecule has 0 heterocycles. The summed E-state index contributed by atoms with van der Waals surface area (Å²) in [5.74, 6) is -1.58. The molecule has 3 amide bonds. The van der Waals surface area contributed by atoms with E-state index in [2.05, 4.69) is 16.0 Å². The molecule has 0 spiro atoms. The molecule has 0 bridgehead atoms. The van der Waals surface area contributed by atoms with Gasteiger partial charge in [-0.1, -0.05) is 36.4 Å². The summed E-state index contributed by atoms with van der Waals surface area (Å²) in [6.45, 7) is 4.87. The van der Waals surface area contributed by atoms with E-state index in [4.69, 9.17) is 4.74 Å². The number of nitrogens with one attached hydrogen (secondary N) is 3. The molecule has 2 aromatic rings. The number of hydrogen-bond donors (Lipinski definition) is 3. The lowest BCUT2D eigenvalue weighted by Gasteiger charge is -2.24. The van der Waals surface area contributed by atoms with Crippen molar-refractivity contribution in [2.24, 2.45) is 0 Å². The largest absolute Gasteiger partial charge is 0.444 e. The van der Waals surface area contributed by atoms with Crippen LogP contribution in [0.5, 0.6) is 0 Å². The van der Waals surface area contributed by atoms with E-state index < -0.39 is 47.3 Å². The Kier molecular flexibility index (Phi) is 10.2. The molecular weight excluding hydrogens is 491 g/mol. The summed E-state index contributed by atoms with van der Waals surface area (Å²) < 4.78 is 44.3. The van der Waals surface area contributed by atoms with Crippen LogP contribution in [0, 0.1) is 0 Å². The van der Waals surface area contributed by atoms with Crippen molar-refractivity contribution in [3.05, 3.63) is 65.7 Å². The van der Waals surface area contributed by atoms with Crippen LogP contribution in [0.15, 0.2) is 54.6 Å². The van der Waals surface area contributed by atoms with Crippen molar-refractivity contribution in [2.75, 3.05) is 5.32 Å². The first kappa shape index (κ1) is 29.3. The van der Waals surface area contributed by atoms with Crippen LogP contribution in [-0.4, -0.2) is 41.9 Å². The van der Waals surface area contributed by atoms with E-state index in [1.807, 2.05) is 18.2 Å². The third kappa shape index (κ3) is 10.3. The minimum Gasteiger partial charge on any atom is -0.444 e. The fourth-order valence-electron chi connectivity index (χ4n) is 3.28. The fourth-order valence-corrected chi connectivity index (χ4v) is 3.28. The maximum absolute atomic E-state index is 13.1. The molecule has 0 unspecified atom stereocenters. The van der Waals surface area contributed by atoms with Crippen LogP contribution in [0.2, 0.25) is 0 Å². The molecule has 0 aliphatic heterocycles. The Morgan fingerprint density at radius 3 is 2.19 bits per heavy atom. The Morgan fingerprint density at radius 1 is 0.919 bits per heavy atom. The fraction of sp³-hybridized carbons (Fsp3) is 0.385. The number of aldehydes is 1. The first-order valence-electron chi connectivity index (χ1n) is 11.5. The number of alkyl carbamates (subject to hydrolysis) is 1. The van der Waals surface area contributed by atoms with Crippen LogP contribution in [0.3, 0.4) is 0 Å². The van der Waals surface area contributed by atoms with Gasteiger partial charge in [-0.05, 0) is 57.4 Å². The quantitative estimate of drug-likeness (QED) is 0.405. The number of rotatable bonds is 10. The van der Waals surface area contributed by atoms with Crippen molar-refractivity contribution in [3.8, 4) is 0 Å². The van der Waals surface area contributed by atoms with Crippen molar-refractivity contribution >= 4 is 29.9 Å². The van der Waals surface area contributed by atoms with Gasteiger partial charge in [-0.15, -0.1) is 0 Å². The normalized spacial score (nSPS) is 13.1. The third-order valence-corrected chi connectivity index (χ3v) is 4.99. The SMILES string of the molecule is CC(C)(C)OC(=O)N[C@@H](CC=O)C(=O)N[C@@H](CCc1ccccc1)C(=O)Nc1cccc(C(F)(F)F)c1. The lowest BCUT2D eigenvalue weighted by molar-refractivity contribution is -0.137. The number of hydrogen-bond acceptors (Lipinski definition) is 5. The molecule has 2 aromatic carbocycles. The lowest BCUT2D eigenvalue weighted by Crippen LogP contribution is -2.53. The molecule has 0 aromatic heterocycles. The number of halogens is 3. The van der Waals surface area contributed by atoms with Crippen molar-refractivity contribution < 1.29 is 37.1 Å². The molecule has 200 valence electrons. The van der Waals surface area contributed by atoms with E-state index >= 15 is 0 Å². The smallest absolute Gasteiger partial charge is 0.416 e. The molecule has 0 fully saturated rings. The summed E-state index contributed by atoms with van der Waals surface area (Å²) in [4.78, 5) is 49.2. The Hall–Kier alpha value is -3.89. The average molecular weight is 522 g/mol. The maximum atomic E-state index is 13.1. The molecule has 2 atom stereocenters. The van der Waals surface area contributed by atoms with Gasteiger partial charge in [0.1, 0.15) is 24.0 Å². The molecule has 11 heteroatoms. The maximum Gasteiger partial charge on any atom is 0.416 e. The summed E-state index contributed by atoms with van der Waals surface area (Å²) in [5.41, 5.74) is -1.03. The Bertz CT molecular complexity index is 1080. The van der Waals surface area contributed by atoms with E-state index in [0.717, 1.165) is 23.8 Å². The first-order chi connectivity index (χ1) is 17.3. The number of amides is 3. The Morgan fingerprint density at radius 2 is 1.59 bits per heavy atom. The molecule has 8 nitrogen and oxygen atoms in total. The summed E-state index contributed by atoms with van der Waals surface area (Å²) in [6, 6.07) is 10.7. The zero-order chi connectivity index (χ0) is 27.6. The molecule has 0 saturated carbocycles. The van der Waals surface area contributed by atoms with Crippen LogP contribution >= 0.6 is 0 Å². The van der Waals surface area contributed by atoms with Crippen LogP contribution in [0.4, 0.5) is 23.7 Å². The number of aryl methyl sites for hydroxylation is 1. The standard InChI is InChI=1S/C26H30F3N3O5/c1-25(2,3)37-24(36)32-21(14-15-33)23(35)31-20(13-12-17-8-5-4-6-9-17)22(34)30-19-11-7-10-18(16-19)26(27,28)29/h4-11,15-16,20-21H,12-14H2,1-3H3,(H,30,34)(H,31,35)(H,32,36)/t20-,21-/m0/s1. The third-order valence-electron chi connectivity index (χ3n) is 4.99. The van der Waals surface area contributed by atoms with Gasteiger partial charge in [-0.3, -0.25) is 9.59 Å². The van der Waals surface area contributed by atoms with Gasteiger partial charge in [-0.25, -0.2) is 4.79 Å². The van der Waals surface area contributed by atoms with Gasteiger partial charge in [0.2, 0.25) is 11.8 Å². The zero-order valence-corrected chi connectivity index (χ0v) is 20.7. The van der Waals surface area contributed by atoms with E-state index in [0.29, 0.717) is 12.7 Å². The molecular formula is C26H30F3N3O5. The molecule has 37 heavy (non-hydrogen) atoms. The van der Waals surface area contributed by atoms with Crippen LogP contribution in [0.1, 0.15) is 44.7 Å². The number of anilines is 1. The van der Waals surface area contributed by atoms with Crippen LogP contribution in [0.25, 0.3) is 0 Å². The highest BCUT2D eigenvalue weighted by atomic mass is 19.4. The van der Waals surface area contributed by atoms with Gasteiger partial charge in [0.05, 0.1) is 5.56 Å². The number of carbonyl (C=O) groups is 4. The van der Waals surface area contributed by atoms with Gasteiger partial charge in [-0.2, -0.15) is 13.2 Å². The molecule has 0 aliphatic carbocycles. The molecule has 0 aliphatic rings.